The summed E-state index contributed by atoms with van der Waals surface area (Å²) in [7, 11) is 3.74. The van der Waals surface area contributed by atoms with Gasteiger partial charge >= 0.3 is 0 Å². The second kappa shape index (κ2) is 7.78. The van der Waals surface area contributed by atoms with Gasteiger partial charge in [0.15, 0.2) is 0 Å². The maximum Gasteiger partial charge on any atom is 0.275 e. The number of aromatic nitrogens is 2. The number of carbonyl (C=O) groups is 1. The van der Waals surface area contributed by atoms with Crippen LogP contribution in [0.4, 0.5) is 0 Å². The summed E-state index contributed by atoms with van der Waals surface area (Å²) >= 11 is 0. The molecule has 1 aromatic carbocycles. The number of fused-ring (bicyclic) bond motifs is 1. The Hall–Kier alpha value is -2.21. The zero-order chi connectivity index (χ0) is 17.8. The van der Waals surface area contributed by atoms with Crippen LogP contribution in [0.15, 0.2) is 35.3 Å². The van der Waals surface area contributed by atoms with Crippen molar-refractivity contribution < 1.29 is 4.79 Å². The molecule has 1 heterocycles. The molecule has 3 rings (SSSR count). The zero-order valence-electron chi connectivity index (χ0n) is 15.0. The van der Waals surface area contributed by atoms with Crippen molar-refractivity contribution in [1.29, 1.82) is 0 Å². The maximum absolute atomic E-state index is 12.5. The lowest BCUT2D eigenvalue weighted by atomic mass is 9.94. The Bertz CT molecular complexity index is 795. The van der Waals surface area contributed by atoms with E-state index in [1.807, 2.05) is 42.1 Å². The van der Waals surface area contributed by atoms with Crippen molar-refractivity contribution in [2.75, 3.05) is 20.6 Å². The molecule has 25 heavy (non-hydrogen) atoms. The van der Waals surface area contributed by atoms with E-state index >= 15 is 0 Å². The molecular formula is C19H26N4O2. The molecule has 134 valence electrons. The van der Waals surface area contributed by atoms with Gasteiger partial charge in [-0.1, -0.05) is 37.5 Å². The minimum absolute atomic E-state index is 0.100. The number of hydrogen-bond acceptors (Lipinski definition) is 4. The lowest BCUT2D eigenvalue weighted by molar-refractivity contribution is -0.133. The average molecular weight is 342 g/mol. The molecule has 0 N–H and O–H groups in total. The van der Waals surface area contributed by atoms with E-state index < -0.39 is 0 Å². The van der Waals surface area contributed by atoms with E-state index in [0.717, 1.165) is 18.2 Å². The van der Waals surface area contributed by atoms with Gasteiger partial charge in [-0.15, -0.1) is 0 Å². The molecule has 1 saturated carbocycles. The van der Waals surface area contributed by atoms with E-state index in [1.165, 1.54) is 23.9 Å². The van der Waals surface area contributed by atoms with Crippen molar-refractivity contribution in [3.63, 3.8) is 0 Å². The van der Waals surface area contributed by atoms with Gasteiger partial charge in [0.1, 0.15) is 0 Å². The van der Waals surface area contributed by atoms with E-state index in [1.54, 1.807) is 12.3 Å². The van der Waals surface area contributed by atoms with Crippen LogP contribution in [0.5, 0.6) is 0 Å². The van der Waals surface area contributed by atoms with Gasteiger partial charge < -0.3 is 4.90 Å². The topological polar surface area (TPSA) is 58.4 Å². The molecule has 0 aliphatic heterocycles. The van der Waals surface area contributed by atoms with Gasteiger partial charge in [0.25, 0.3) is 5.56 Å². The molecule has 1 aromatic heterocycles. The van der Waals surface area contributed by atoms with E-state index in [2.05, 4.69) is 5.10 Å². The number of carbonyl (C=O) groups excluding carboxylic acids is 1. The predicted molar refractivity (Wildman–Crippen MR) is 98.3 cm³/mol. The molecule has 6 nitrogen and oxygen atoms in total. The minimum atomic E-state index is -0.127. The third kappa shape index (κ3) is 4.07. The first kappa shape index (κ1) is 17.6. The zero-order valence-corrected chi connectivity index (χ0v) is 15.0. The largest absolute Gasteiger partial charge is 0.342 e. The van der Waals surface area contributed by atoms with Crippen LogP contribution in [-0.4, -0.2) is 52.2 Å². The Morgan fingerprint density at radius 2 is 1.92 bits per heavy atom. The summed E-state index contributed by atoms with van der Waals surface area (Å²) in [4.78, 5) is 28.7. The highest BCUT2D eigenvalue weighted by atomic mass is 16.2. The fourth-order valence-electron chi connectivity index (χ4n) is 3.52. The average Bonchev–Trinajstić information content (AvgIpc) is 2.64. The fourth-order valence-corrected chi connectivity index (χ4v) is 3.52. The summed E-state index contributed by atoms with van der Waals surface area (Å²) in [5.74, 6) is 0.100. The second-order valence-corrected chi connectivity index (χ2v) is 6.99. The molecule has 1 fully saturated rings. The monoisotopic (exact) mass is 342 g/mol. The molecule has 0 bridgehead atoms. The minimum Gasteiger partial charge on any atom is -0.342 e. The molecular weight excluding hydrogens is 316 g/mol. The highest BCUT2D eigenvalue weighted by Gasteiger charge is 2.22. The molecule has 0 atom stereocenters. The predicted octanol–water partition coefficient (Wildman–Crippen LogP) is 2.08. The normalized spacial score (nSPS) is 15.6. The van der Waals surface area contributed by atoms with Crippen molar-refractivity contribution in [3.8, 4) is 0 Å². The summed E-state index contributed by atoms with van der Waals surface area (Å²) in [6.45, 7) is 0.585. The van der Waals surface area contributed by atoms with Crippen LogP contribution in [0, 0.1) is 0 Å². The van der Waals surface area contributed by atoms with Gasteiger partial charge in [0.2, 0.25) is 5.91 Å². The Balaban J connectivity index is 1.64. The Morgan fingerprint density at radius 1 is 1.20 bits per heavy atom. The van der Waals surface area contributed by atoms with Gasteiger partial charge in [-0.05, 0) is 26.0 Å². The van der Waals surface area contributed by atoms with Gasteiger partial charge in [-0.2, -0.15) is 5.10 Å². The van der Waals surface area contributed by atoms with Gasteiger partial charge in [0.05, 0.1) is 24.8 Å². The van der Waals surface area contributed by atoms with Gasteiger partial charge in [-0.25, -0.2) is 4.68 Å². The smallest absolute Gasteiger partial charge is 0.275 e. The van der Waals surface area contributed by atoms with Crippen molar-refractivity contribution in [2.24, 2.45) is 0 Å². The van der Waals surface area contributed by atoms with Crippen LogP contribution < -0.4 is 5.56 Å². The van der Waals surface area contributed by atoms with Gasteiger partial charge in [0, 0.05) is 18.5 Å². The van der Waals surface area contributed by atoms with Crippen LogP contribution in [0.1, 0.15) is 32.1 Å². The number of nitrogens with zero attached hydrogens (tertiary/aromatic N) is 4. The first-order valence-corrected chi connectivity index (χ1v) is 8.95. The highest BCUT2D eigenvalue weighted by Crippen LogP contribution is 2.21. The van der Waals surface area contributed by atoms with Crippen LogP contribution in [0.25, 0.3) is 10.8 Å². The number of rotatable bonds is 5. The lowest BCUT2D eigenvalue weighted by Crippen LogP contribution is -2.44. The summed E-state index contributed by atoms with van der Waals surface area (Å²) < 4.78 is 1.41. The van der Waals surface area contributed by atoms with E-state index in [0.29, 0.717) is 18.1 Å². The lowest BCUT2D eigenvalue weighted by Gasteiger charge is -2.32. The Labute approximate surface area is 148 Å². The van der Waals surface area contributed by atoms with Crippen LogP contribution >= 0.6 is 0 Å². The summed E-state index contributed by atoms with van der Waals surface area (Å²) in [6, 6.07) is 7.77. The maximum atomic E-state index is 12.5. The molecule has 0 radical (unpaired) electrons. The van der Waals surface area contributed by atoms with Crippen molar-refractivity contribution in [1.82, 2.24) is 19.6 Å². The molecule has 1 amide bonds. The quantitative estimate of drug-likeness (QED) is 0.835. The van der Waals surface area contributed by atoms with Crippen LogP contribution in [-0.2, 0) is 11.5 Å². The van der Waals surface area contributed by atoms with E-state index in [4.69, 9.17) is 0 Å². The van der Waals surface area contributed by atoms with Crippen LogP contribution in [0.3, 0.4) is 0 Å². The summed E-state index contributed by atoms with van der Waals surface area (Å²) in [5.41, 5.74) is -0.127. The Kier molecular flexibility index (Phi) is 5.48. The molecule has 1 aliphatic rings. The SMILES string of the molecule is CN(CC(=O)N(C)C1CCCCC1)Cn1ncc2ccccc2c1=O. The van der Waals surface area contributed by atoms with Crippen LogP contribution in [0.2, 0.25) is 0 Å². The Morgan fingerprint density at radius 3 is 2.68 bits per heavy atom. The first-order valence-electron chi connectivity index (χ1n) is 8.95. The van der Waals surface area contributed by atoms with E-state index in [-0.39, 0.29) is 18.0 Å². The van der Waals surface area contributed by atoms with Gasteiger partial charge in [-0.3, -0.25) is 14.5 Å². The summed E-state index contributed by atoms with van der Waals surface area (Å²) in [5, 5.41) is 5.71. The third-order valence-corrected chi connectivity index (χ3v) is 5.06. The number of amides is 1. The first-order chi connectivity index (χ1) is 12.1. The van der Waals surface area contributed by atoms with Crippen molar-refractivity contribution >= 4 is 16.7 Å². The molecule has 0 saturated heterocycles. The molecule has 0 spiro atoms. The number of hydrogen-bond donors (Lipinski definition) is 0. The number of benzene rings is 1. The van der Waals surface area contributed by atoms with Crippen molar-refractivity contribution in [3.05, 3.63) is 40.8 Å². The van der Waals surface area contributed by atoms with Crippen molar-refractivity contribution in [2.45, 2.75) is 44.8 Å². The third-order valence-electron chi connectivity index (χ3n) is 5.06. The fraction of sp³-hybridized carbons (Fsp3) is 0.526. The molecule has 0 unspecified atom stereocenters. The van der Waals surface area contributed by atoms with E-state index in [9.17, 15) is 9.59 Å². The number of likely N-dealkylation sites (N-methyl/N-ethyl adjacent to an activating group) is 2. The molecule has 6 heteroatoms. The second-order valence-electron chi connectivity index (χ2n) is 6.99. The standard InChI is InChI=1S/C19H26N4O2/c1-21(13-18(24)22(2)16-9-4-3-5-10-16)14-23-19(25)17-11-7-6-8-15(17)12-20-23/h6-8,11-12,16H,3-5,9-10,13-14H2,1-2H3. The highest BCUT2D eigenvalue weighted by molar-refractivity contribution is 5.80. The summed E-state index contributed by atoms with van der Waals surface area (Å²) in [6.07, 6.45) is 7.56. The molecule has 2 aromatic rings. The molecule has 1 aliphatic carbocycles.